The number of amidine groups is 1. The topological polar surface area (TPSA) is 66.8 Å². The number of rotatable bonds is 3. The van der Waals surface area contributed by atoms with Gasteiger partial charge in [0.2, 0.25) is 0 Å². The number of aliphatic imine (C=N–C) groups is 1. The first-order chi connectivity index (χ1) is 13.3. The van der Waals surface area contributed by atoms with Gasteiger partial charge >= 0.3 is 0 Å². The lowest BCUT2D eigenvalue weighted by molar-refractivity contribution is -0.117. The number of sulfone groups is 1. The van der Waals surface area contributed by atoms with Crippen molar-refractivity contribution in [2.75, 3.05) is 16.4 Å². The smallest absolute Gasteiger partial charge is 0.252 e. The highest BCUT2D eigenvalue weighted by molar-refractivity contribution is 8.16. The molecular formula is C19H16Cl2N2O3S2. The minimum Gasteiger partial charge on any atom is -0.316 e. The van der Waals surface area contributed by atoms with Crippen molar-refractivity contribution in [1.82, 2.24) is 0 Å². The van der Waals surface area contributed by atoms with Gasteiger partial charge in [0.05, 0.1) is 24.0 Å². The van der Waals surface area contributed by atoms with Gasteiger partial charge in [-0.1, -0.05) is 53.2 Å². The van der Waals surface area contributed by atoms with Crippen LogP contribution in [0.25, 0.3) is 0 Å². The number of benzene rings is 2. The molecule has 4 rings (SSSR count). The fourth-order valence-corrected chi connectivity index (χ4v) is 7.68. The van der Waals surface area contributed by atoms with Crippen LogP contribution in [0, 0.1) is 0 Å². The Morgan fingerprint density at radius 1 is 1.11 bits per heavy atom. The normalized spacial score (nSPS) is 24.5. The lowest BCUT2D eigenvalue weighted by atomic mass is 10.1. The highest BCUT2D eigenvalue weighted by Crippen LogP contribution is 2.41. The quantitative estimate of drug-likeness (QED) is 0.704. The number of amides is 1. The summed E-state index contributed by atoms with van der Waals surface area (Å²) < 4.78 is 24.2. The van der Waals surface area contributed by atoms with Gasteiger partial charge in [0.15, 0.2) is 15.0 Å². The molecule has 0 bridgehead atoms. The van der Waals surface area contributed by atoms with Gasteiger partial charge in [-0.15, -0.1) is 0 Å². The molecule has 0 saturated carbocycles. The van der Waals surface area contributed by atoms with E-state index in [2.05, 4.69) is 4.99 Å². The number of nitrogens with zero attached hydrogens (tertiary/aromatic N) is 2. The molecule has 2 saturated heterocycles. The highest BCUT2D eigenvalue weighted by Gasteiger charge is 2.49. The molecule has 5 nitrogen and oxygen atoms in total. The fraction of sp³-hybridized carbons (Fsp3) is 0.263. The minimum absolute atomic E-state index is 0.0466. The monoisotopic (exact) mass is 454 g/mol. The molecule has 9 heteroatoms. The van der Waals surface area contributed by atoms with E-state index in [4.69, 9.17) is 23.2 Å². The molecule has 0 aromatic heterocycles. The van der Waals surface area contributed by atoms with Gasteiger partial charge in [-0.05, 0) is 35.9 Å². The second-order valence-electron chi connectivity index (χ2n) is 6.70. The second-order valence-corrected chi connectivity index (χ2v) is 10.9. The number of fused-ring (bicyclic) bond motifs is 1. The van der Waals surface area contributed by atoms with Crippen LogP contribution < -0.4 is 4.90 Å². The van der Waals surface area contributed by atoms with Crippen LogP contribution in [0.3, 0.4) is 0 Å². The number of halogens is 2. The van der Waals surface area contributed by atoms with Crippen LogP contribution >= 0.6 is 35.0 Å². The summed E-state index contributed by atoms with van der Waals surface area (Å²) in [6.45, 7) is 0. The fourth-order valence-electron chi connectivity index (χ4n) is 3.42. The van der Waals surface area contributed by atoms with Crippen molar-refractivity contribution in [2.24, 2.45) is 4.99 Å². The van der Waals surface area contributed by atoms with Gasteiger partial charge < -0.3 is 4.90 Å². The Labute approximate surface area is 177 Å². The summed E-state index contributed by atoms with van der Waals surface area (Å²) in [6, 6.07) is 14.0. The number of hydrogen-bond acceptors (Lipinski definition) is 4. The van der Waals surface area contributed by atoms with E-state index in [0.717, 1.165) is 5.69 Å². The number of hydrogen-bond donors (Lipinski definition) is 0. The van der Waals surface area contributed by atoms with Crippen molar-refractivity contribution in [3.63, 3.8) is 0 Å². The lowest BCUT2D eigenvalue weighted by Crippen LogP contribution is -2.37. The van der Waals surface area contributed by atoms with Gasteiger partial charge in [0.1, 0.15) is 0 Å². The number of anilines is 1. The second kappa shape index (κ2) is 7.71. The number of carbonyl (C=O) groups excluding carboxylic acids is 1. The molecule has 2 aromatic carbocycles. The van der Waals surface area contributed by atoms with Crippen LogP contribution in [-0.4, -0.2) is 42.3 Å². The van der Waals surface area contributed by atoms with E-state index in [1.54, 1.807) is 30.3 Å². The largest absolute Gasteiger partial charge is 0.316 e. The SMILES string of the molecule is O=C(Cc1ccccc1Cl)N=C1S[C@H]2CS(=O)(=O)C[C@H]2N1c1ccc(Cl)cc1. The first kappa shape index (κ1) is 19.8. The molecule has 0 unspecified atom stereocenters. The Bertz CT molecular complexity index is 1060. The summed E-state index contributed by atoms with van der Waals surface area (Å²) in [6.07, 6.45) is 0.0891. The summed E-state index contributed by atoms with van der Waals surface area (Å²) in [7, 11) is -3.11. The summed E-state index contributed by atoms with van der Waals surface area (Å²) in [5.41, 5.74) is 1.48. The van der Waals surface area contributed by atoms with Crippen LogP contribution in [0.4, 0.5) is 5.69 Å². The molecule has 28 heavy (non-hydrogen) atoms. The van der Waals surface area contributed by atoms with Crippen molar-refractivity contribution < 1.29 is 13.2 Å². The van der Waals surface area contributed by atoms with Crippen LogP contribution in [-0.2, 0) is 21.1 Å². The predicted octanol–water partition coefficient (Wildman–Crippen LogP) is 3.84. The third kappa shape index (κ3) is 4.08. The average molecular weight is 455 g/mol. The molecule has 1 amide bonds. The predicted molar refractivity (Wildman–Crippen MR) is 115 cm³/mol. The molecule has 2 heterocycles. The van der Waals surface area contributed by atoms with Crippen molar-refractivity contribution in [3.05, 3.63) is 64.1 Å². The number of carbonyl (C=O) groups is 1. The van der Waals surface area contributed by atoms with E-state index < -0.39 is 9.84 Å². The van der Waals surface area contributed by atoms with Crippen LogP contribution in [0.15, 0.2) is 53.5 Å². The van der Waals surface area contributed by atoms with E-state index in [1.165, 1.54) is 11.8 Å². The van der Waals surface area contributed by atoms with Gasteiger partial charge in [-0.2, -0.15) is 4.99 Å². The molecule has 0 radical (unpaired) electrons. The summed E-state index contributed by atoms with van der Waals surface area (Å²) in [5, 5.41) is 1.48. The van der Waals surface area contributed by atoms with Gasteiger partial charge in [-0.3, -0.25) is 4.79 Å². The third-order valence-electron chi connectivity index (χ3n) is 4.69. The minimum atomic E-state index is -3.11. The molecule has 0 aliphatic carbocycles. The van der Waals surface area contributed by atoms with Crippen molar-refractivity contribution >= 4 is 61.6 Å². The molecule has 146 valence electrons. The molecule has 2 aliphatic rings. The zero-order valence-corrected chi connectivity index (χ0v) is 17.7. The van der Waals surface area contributed by atoms with Gasteiger partial charge in [0.25, 0.3) is 5.91 Å². The Kier molecular flexibility index (Phi) is 5.44. The molecule has 2 aliphatic heterocycles. The van der Waals surface area contributed by atoms with Crippen LogP contribution in [0.1, 0.15) is 5.56 Å². The summed E-state index contributed by atoms with van der Waals surface area (Å²) >= 11 is 13.5. The molecular weight excluding hydrogens is 439 g/mol. The summed E-state index contributed by atoms with van der Waals surface area (Å²) in [4.78, 5) is 18.7. The molecule has 2 atom stereocenters. The Hall–Kier alpha value is -1.54. The Morgan fingerprint density at radius 3 is 2.54 bits per heavy atom. The molecule has 0 N–H and O–H groups in total. The molecule has 0 spiro atoms. The van der Waals surface area contributed by atoms with E-state index in [9.17, 15) is 13.2 Å². The maximum atomic E-state index is 12.6. The first-order valence-electron chi connectivity index (χ1n) is 8.59. The van der Waals surface area contributed by atoms with E-state index in [-0.39, 0.29) is 35.1 Å². The van der Waals surface area contributed by atoms with E-state index in [0.29, 0.717) is 20.8 Å². The standard InChI is InChI=1S/C19H16Cl2N2O3S2/c20-13-5-7-14(8-6-13)23-16-10-28(25,26)11-17(16)27-19(23)22-18(24)9-12-3-1-2-4-15(12)21/h1-8,16-17H,9-11H2/t16-,17+/m1/s1. The zero-order valence-electron chi connectivity index (χ0n) is 14.6. The van der Waals surface area contributed by atoms with Crippen molar-refractivity contribution in [1.29, 1.82) is 0 Å². The highest BCUT2D eigenvalue weighted by atomic mass is 35.5. The first-order valence-corrected chi connectivity index (χ1v) is 12.0. The third-order valence-corrected chi connectivity index (χ3v) is 8.52. The van der Waals surface area contributed by atoms with Gasteiger partial charge in [0, 0.05) is 21.0 Å². The lowest BCUT2D eigenvalue weighted by Gasteiger charge is -2.24. The van der Waals surface area contributed by atoms with E-state index in [1.807, 2.05) is 23.1 Å². The van der Waals surface area contributed by atoms with Crippen LogP contribution in [0.2, 0.25) is 10.0 Å². The Balaban J connectivity index is 1.65. The maximum Gasteiger partial charge on any atom is 0.252 e. The average Bonchev–Trinajstić information content (AvgIpc) is 3.09. The van der Waals surface area contributed by atoms with Crippen LogP contribution in [0.5, 0.6) is 0 Å². The van der Waals surface area contributed by atoms with Crippen molar-refractivity contribution in [3.8, 4) is 0 Å². The molecule has 2 fully saturated rings. The van der Waals surface area contributed by atoms with Gasteiger partial charge in [-0.25, -0.2) is 8.42 Å². The molecule has 2 aromatic rings. The number of thioether (sulfide) groups is 1. The van der Waals surface area contributed by atoms with Crippen molar-refractivity contribution in [2.45, 2.75) is 17.7 Å². The van der Waals surface area contributed by atoms with E-state index >= 15 is 0 Å². The Morgan fingerprint density at radius 2 is 1.82 bits per heavy atom. The summed E-state index contributed by atoms with van der Waals surface area (Å²) in [5.74, 6) is -0.188. The zero-order chi connectivity index (χ0) is 19.9. The maximum absolute atomic E-state index is 12.6.